The van der Waals surface area contributed by atoms with Gasteiger partial charge in [0, 0.05) is 18.8 Å². The number of hydrogen-bond acceptors (Lipinski definition) is 2. The molecule has 0 amide bonds. The number of nitrogens with one attached hydrogen (secondary N) is 1. The third-order valence-corrected chi connectivity index (χ3v) is 2.81. The van der Waals surface area contributed by atoms with Crippen LogP contribution in [0.1, 0.15) is 45.6 Å². The lowest BCUT2D eigenvalue weighted by atomic mass is 10.0. The van der Waals surface area contributed by atoms with Crippen LogP contribution in [0.5, 0.6) is 0 Å². The molecule has 0 saturated heterocycles. The van der Waals surface area contributed by atoms with Crippen molar-refractivity contribution in [3.63, 3.8) is 0 Å². The Kier molecular flexibility index (Phi) is 6.16. The minimum Gasteiger partial charge on any atom is -0.314 e. The van der Waals surface area contributed by atoms with E-state index in [4.69, 9.17) is 0 Å². The van der Waals surface area contributed by atoms with Gasteiger partial charge in [-0.2, -0.15) is 5.10 Å². The quantitative estimate of drug-likeness (QED) is 0.734. The zero-order valence-electron chi connectivity index (χ0n) is 10.9. The average molecular weight is 223 g/mol. The van der Waals surface area contributed by atoms with E-state index in [0.29, 0.717) is 6.04 Å². The van der Waals surface area contributed by atoms with E-state index in [0.717, 1.165) is 19.5 Å². The van der Waals surface area contributed by atoms with Gasteiger partial charge in [-0.15, -0.1) is 0 Å². The van der Waals surface area contributed by atoms with E-state index in [1.807, 2.05) is 10.9 Å². The number of nitrogens with zero attached hydrogens (tertiary/aromatic N) is 2. The van der Waals surface area contributed by atoms with Gasteiger partial charge in [-0.05, 0) is 38.3 Å². The van der Waals surface area contributed by atoms with Gasteiger partial charge in [0.25, 0.3) is 0 Å². The van der Waals surface area contributed by atoms with E-state index < -0.39 is 0 Å². The normalized spacial score (nSPS) is 12.9. The number of rotatable bonds is 8. The van der Waals surface area contributed by atoms with Gasteiger partial charge in [0.1, 0.15) is 0 Å². The molecule has 0 aliphatic rings. The Morgan fingerprint density at radius 2 is 2.12 bits per heavy atom. The van der Waals surface area contributed by atoms with Crippen molar-refractivity contribution in [1.29, 1.82) is 0 Å². The molecule has 1 aromatic heterocycles. The van der Waals surface area contributed by atoms with Gasteiger partial charge in [0.15, 0.2) is 0 Å². The molecule has 1 unspecified atom stereocenters. The molecule has 0 saturated carbocycles. The molecule has 92 valence electrons. The van der Waals surface area contributed by atoms with Crippen molar-refractivity contribution in [2.24, 2.45) is 0 Å². The maximum Gasteiger partial charge on any atom is 0.0522 e. The summed E-state index contributed by atoms with van der Waals surface area (Å²) < 4.78 is 2.00. The van der Waals surface area contributed by atoms with Gasteiger partial charge in [0.05, 0.1) is 6.20 Å². The largest absolute Gasteiger partial charge is 0.314 e. The van der Waals surface area contributed by atoms with Crippen LogP contribution in [0.25, 0.3) is 0 Å². The van der Waals surface area contributed by atoms with Crippen LogP contribution in [0, 0.1) is 0 Å². The summed E-state index contributed by atoms with van der Waals surface area (Å²) in [7, 11) is 0. The highest BCUT2D eigenvalue weighted by Gasteiger charge is 2.08. The summed E-state index contributed by atoms with van der Waals surface area (Å²) in [5.74, 6) is 0. The van der Waals surface area contributed by atoms with Crippen LogP contribution in [0.3, 0.4) is 0 Å². The number of aromatic nitrogens is 2. The van der Waals surface area contributed by atoms with Crippen LogP contribution >= 0.6 is 0 Å². The monoisotopic (exact) mass is 223 g/mol. The summed E-state index contributed by atoms with van der Waals surface area (Å²) in [5, 5.41) is 7.93. The maximum absolute atomic E-state index is 4.32. The van der Waals surface area contributed by atoms with Crippen molar-refractivity contribution < 1.29 is 0 Å². The lowest BCUT2D eigenvalue weighted by Gasteiger charge is -2.16. The Labute approximate surface area is 99.2 Å². The van der Waals surface area contributed by atoms with Gasteiger partial charge >= 0.3 is 0 Å². The van der Waals surface area contributed by atoms with Crippen molar-refractivity contribution >= 4 is 0 Å². The first kappa shape index (κ1) is 13.2. The van der Waals surface area contributed by atoms with Crippen LogP contribution in [-0.4, -0.2) is 22.4 Å². The van der Waals surface area contributed by atoms with Gasteiger partial charge in [0.2, 0.25) is 0 Å². The van der Waals surface area contributed by atoms with Gasteiger partial charge in [-0.25, -0.2) is 0 Å². The summed E-state index contributed by atoms with van der Waals surface area (Å²) in [5.41, 5.74) is 1.35. The third-order valence-electron chi connectivity index (χ3n) is 2.81. The lowest BCUT2D eigenvalue weighted by molar-refractivity contribution is 0.472. The molecular formula is C13H25N3. The van der Waals surface area contributed by atoms with Crippen molar-refractivity contribution in [2.75, 3.05) is 6.54 Å². The van der Waals surface area contributed by atoms with E-state index in [1.165, 1.54) is 24.8 Å². The van der Waals surface area contributed by atoms with Crippen LogP contribution in [0.15, 0.2) is 12.4 Å². The Morgan fingerprint density at radius 3 is 2.69 bits per heavy atom. The van der Waals surface area contributed by atoms with Crippen molar-refractivity contribution in [1.82, 2.24) is 15.1 Å². The minimum absolute atomic E-state index is 0.611. The Balaban J connectivity index is 2.46. The molecule has 0 aliphatic carbocycles. The van der Waals surface area contributed by atoms with E-state index in [9.17, 15) is 0 Å². The fraction of sp³-hybridized carbons (Fsp3) is 0.769. The molecule has 0 fully saturated rings. The fourth-order valence-electron chi connectivity index (χ4n) is 1.94. The highest BCUT2D eigenvalue weighted by atomic mass is 15.3. The van der Waals surface area contributed by atoms with E-state index >= 15 is 0 Å². The molecule has 0 aromatic carbocycles. The first-order valence-electron chi connectivity index (χ1n) is 6.54. The Hall–Kier alpha value is -0.830. The molecule has 1 N–H and O–H groups in total. The molecular weight excluding hydrogens is 198 g/mol. The summed E-state index contributed by atoms with van der Waals surface area (Å²) >= 11 is 0. The smallest absolute Gasteiger partial charge is 0.0522 e. The second-order valence-corrected chi connectivity index (χ2v) is 4.35. The molecule has 0 spiro atoms. The highest BCUT2D eigenvalue weighted by Crippen LogP contribution is 2.07. The molecule has 3 heteroatoms. The zero-order chi connectivity index (χ0) is 11.8. The Bertz CT molecular complexity index is 280. The SMILES string of the molecule is CCCNC(CCC)Cc1cnn(CC)c1. The van der Waals surface area contributed by atoms with Crippen LogP contribution in [0.4, 0.5) is 0 Å². The zero-order valence-corrected chi connectivity index (χ0v) is 10.9. The van der Waals surface area contributed by atoms with Crippen LogP contribution in [0.2, 0.25) is 0 Å². The van der Waals surface area contributed by atoms with Crippen molar-refractivity contribution in [3.05, 3.63) is 18.0 Å². The molecule has 1 aromatic rings. The number of aryl methyl sites for hydroxylation is 1. The molecule has 16 heavy (non-hydrogen) atoms. The first-order valence-corrected chi connectivity index (χ1v) is 6.54. The predicted molar refractivity (Wildman–Crippen MR) is 68.6 cm³/mol. The predicted octanol–water partition coefficient (Wildman–Crippen LogP) is 2.61. The molecule has 0 radical (unpaired) electrons. The van der Waals surface area contributed by atoms with Crippen molar-refractivity contribution in [2.45, 2.75) is 59.0 Å². The second-order valence-electron chi connectivity index (χ2n) is 4.35. The summed E-state index contributed by atoms with van der Waals surface area (Å²) in [4.78, 5) is 0. The van der Waals surface area contributed by atoms with Gasteiger partial charge < -0.3 is 5.32 Å². The summed E-state index contributed by atoms with van der Waals surface area (Å²) in [6.07, 6.45) is 8.96. The second kappa shape index (κ2) is 7.44. The number of hydrogen-bond donors (Lipinski definition) is 1. The lowest BCUT2D eigenvalue weighted by Crippen LogP contribution is -2.31. The topological polar surface area (TPSA) is 29.9 Å². The highest BCUT2D eigenvalue weighted by molar-refractivity contribution is 5.06. The maximum atomic E-state index is 4.32. The molecule has 1 heterocycles. The van der Waals surface area contributed by atoms with Gasteiger partial charge in [-0.3, -0.25) is 4.68 Å². The third kappa shape index (κ3) is 4.35. The van der Waals surface area contributed by atoms with E-state index in [2.05, 4.69) is 37.4 Å². The van der Waals surface area contributed by atoms with Crippen LogP contribution < -0.4 is 5.32 Å². The van der Waals surface area contributed by atoms with Crippen LogP contribution in [-0.2, 0) is 13.0 Å². The molecule has 1 rings (SSSR count). The first-order chi connectivity index (χ1) is 7.80. The summed E-state index contributed by atoms with van der Waals surface area (Å²) in [6.45, 7) is 8.66. The van der Waals surface area contributed by atoms with Crippen molar-refractivity contribution in [3.8, 4) is 0 Å². The molecule has 3 nitrogen and oxygen atoms in total. The van der Waals surface area contributed by atoms with E-state index in [-0.39, 0.29) is 0 Å². The van der Waals surface area contributed by atoms with E-state index in [1.54, 1.807) is 0 Å². The summed E-state index contributed by atoms with van der Waals surface area (Å²) in [6, 6.07) is 0.611. The Morgan fingerprint density at radius 1 is 1.31 bits per heavy atom. The fourth-order valence-corrected chi connectivity index (χ4v) is 1.94. The molecule has 0 aliphatic heterocycles. The standard InChI is InChI=1S/C13H25N3/c1-4-7-13(14-8-5-2)9-12-10-15-16(6-3)11-12/h10-11,13-14H,4-9H2,1-3H3. The minimum atomic E-state index is 0.611. The molecule has 0 bridgehead atoms. The van der Waals surface area contributed by atoms with Gasteiger partial charge in [-0.1, -0.05) is 20.3 Å². The molecule has 1 atom stereocenters. The average Bonchev–Trinajstić information content (AvgIpc) is 2.74.